The third-order valence-electron chi connectivity index (χ3n) is 2.34. The van der Waals surface area contributed by atoms with Crippen molar-refractivity contribution in [2.24, 2.45) is 0 Å². The minimum atomic E-state index is -3.77. The highest BCUT2D eigenvalue weighted by atomic mass is 32.2. The van der Waals surface area contributed by atoms with Crippen LogP contribution in [0.3, 0.4) is 0 Å². The van der Waals surface area contributed by atoms with Gasteiger partial charge in [-0.3, -0.25) is 4.72 Å². The number of nitrogens with zero attached hydrogens (tertiary/aromatic N) is 1. The third-order valence-corrected chi connectivity index (χ3v) is 5.20. The van der Waals surface area contributed by atoms with Crippen LogP contribution >= 0.6 is 11.3 Å². The summed E-state index contributed by atoms with van der Waals surface area (Å²) in [5.41, 5.74) is 0.317. The quantitative estimate of drug-likeness (QED) is 0.899. The van der Waals surface area contributed by atoms with E-state index in [1.165, 1.54) is 36.4 Å². The molecule has 6 nitrogen and oxygen atoms in total. The molecule has 0 saturated heterocycles. The number of thiophene rings is 1. The number of carboxylic acid groups (broad SMARTS) is 1. The molecule has 0 spiro atoms. The van der Waals surface area contributed by atoms with Gasteiger partial charge in [-0.05, 0) is 36.4 Å². The lowest BCUT2D eigenvalue weighted by Crippen LogP contribution is -2.11. The summed E-state index contributed by atoms with van der Waals surface area (Å²) in [5, 5.41) is 17.4. The van der Waals surface area contributed by atoms with E-state index in [1.54, 1.807) is 0 Å². The summed E-state index contributed by atoms with van der Waals surface area (Å²) in [4.78, 5) is 11.0. The first-order valence-corrected chi connectivity index (χ1v) is 7.58. The van der Waals surface area contributed by atoms with E-state index >= 15 is 0 Å². The number of benzene rings is 1. The zero-order chi connectivity index (χ0) is 14.8. The topological polar surface area (TPSA) is 107 Å². The van der Waals surface area contributed by atoms with E-state index < -0.39 is 16.0 Å². The number of hydrogen-bond acceptors (Lipinski definition) is 5. The van der Waals surface area contributed by atoms with Crippen molar-refractivity contribution in [1.29, 1.82) is 5.26 Å². The van der Waals surface area contributed by atoms with Crippen molar-refractivity contribution >= 4 is 33.0 Å². The number of nitrogens with one attached hydrogen (secondary N) is 1. The lowest BCUT2D eigenvalue weighted by atomic mass is 10.2. The normalized spacial score (nSPS) is 10.8. The van der Waals surface area contributed by atoms with Crippen LogP contribution in [0.5, 0.6) is 0 Å². The minimum Gasteiger partial charge on any atom is -0.478 e. The second kappa shape index (κ2) is 5.32. The van der Waals surface area contributed by atoms with Gasteiger partial charge in [0.05, 0.1) is 5.56 Å². The predicted octanol–water partition coefficient (Wildman–Crippen LogP) is 2.12. The van der Waals surface area contributed by atoms with Crippen LogP contribution in [-0.2, 0) is 10.0 Å². The van der Waals surface area contributed by atoms with E-state index in [2.05, 4.69) is 4.72 Å². The predicted molar refractivity (Wildman–Crippen MR) is 73.2 cm³/mol. The van der Waals surface area contributed by atoms with E-state index in [4.69, 9.17) is 10.4 Å². The van der Waals surface area contributed by atoms with Crippen LogP contribution in [0.25, 0.3) is 0 Å². The molecule has 20 heavy (non-hydrogen) atoms. The highest BCUT2D eigenvalue weighted by Crippen LogP contribution is 2.23. The van der Waals surface area contributed by atoms with Crippen molar-refractivity contribution in [2.45, 2.75) is 4.21 Å². The van der Waals surface area contributed by atoms with Crippen LogP contribution < -0.4 is 4.72 Å². The molecule has 0 amide bonds. The Balaban J connectivity index is 2.24. The highest BCUT2D eigenvalue weighted by Gasteiger charge is 2.17. The minimum absolute atomic E-state index is 0.0244. The molecule has 2 rings (SSSR count). The molecule has 2 N–H and O–H groups in total. The SMILES string of the molecule is N#Cc1ccc(S(=O)(=O)Nc2ccc(C(=O)O)cc2)s1. The Morgan fingerprint density at radius 2 is 1.85 bits per heavy atom. The van der Waals surface area contributed by atoms with E-state index in [0.717, 1.165) is 11.3 Å². The van der Waals surface area contributed by atoms with Crippen molar-refractivity contribution < 1.29 is 18.3 Å². The summed E-state index contributed by atoms with van der Waals surface area (Å²) in [7, 11) is -3.77. The van der Waals surface area contributed by atoms with E-state index in [-0.39, 0.29) is 15.5 Å². The lowest BCUT2D eigenvalue weighted by molar-refractivity contribution is 0.0697. The molecule has 2 aromatic rings. The summed E-state index contributed by atoms with van der Waals surface area (Å²) in [6, 6.07) is 9.96. The first-order chi connectivity index (χ1) is 9.42. The average molecular weight is 308 g/mol. The van der Waals surface area contributed by atoms with Gasteiger partial charge >= 0.3 is 5.97 Å². The maximum absolute atomic E-state index is 12.0. The number of carbonyl (C=O) groups is 1. The molecule has 0 radical (unpaired) electrons. The van der Waals surface area contributed by atoms with Gasteiger partial charge in [0.25, 0.3) is 10.0 Å². The molecule has 102 valence electrons. The molecule has 0 aliphatic heterocycles. The summed E-state index contributed by atoms with van der Waals surface area (Å²) in [5.74, 6) is -1.09. The Morgan fingerprint density at radius 1 is 1.20 bits per heavy atom. The van der Waals surface area contributed by atoms with Gasteiger partial charge in [0.1, 0.15) is 15.2 Å². The first kappa shape index (κ1) is 14.0. The number of carboxylic acids is 1. The maximum atomic E-state index is 12.0. The first-order valence-electron chi connectivity index (χ1n) is 5.28. The van der Waals surface area contributed by atoms with Crippen LogP contribution in [0.4, 0.5) is 5.69 Å². The second-order valence-corrected chi connectivity index (χ2v) is 6.71. The molecular weight excluding hydrogens is 300 g/mol. The Hall–Kier alpha value is -2.37. The van der Waals surface area contributed by atoms with Crippen LogP contribution in [-0.4, -0.2) is 19.5 Å². The van der Waals surface area contributed by atoms with Crippen LogP contribution in [0.1, 0.15) is 15.2 Å². The zero-order valence-corrected chi connectivity index (χ0v) is 11.5. The van der Waals surface area contributed by atoms with Gasteiger partial charge < -0.3 is 5.11 Å². The summed E-state index contributed by atoms with van der Waals surface area (Å²) < 4.78 is 26.4. The largest absolute Gasteiger partial charge is 0.478 e. The van der Waals surface area contributed by atoms with Crippen LogP contribution in [0.2, 0.25) is 0 Å². The summed E-state index contributed by atoms with van der Waals surface area (Å²) in [6.07, 6.45) is 0. The van der Waals surface area contributed by atoms with E-state index in [0.29, 0.717) is 4.88 Å². The van der Waals surface area contributed by atoms with Gasteiger partial charge in [-0.15, -0.1) is 11.3 Å². The number of rotatable bonds is 4. The molecule has 0 aliphatic carbocycles. The molecule has 0 unspecified atom stereocenters. The number of nitriles is 1. The van der Waals surface area contributed by atoms with Gasteiger partial charge in [0, 0.05) is 5.69 Å². The van der Waals surface area contributed by atoms with Crippen molar-refractivity contribution in [3.63, 3.8) is 0 Å². The smallest absolute Gasteiger partial charge is 0.335 e. The van der Waals surface area contributed by atoms with Gasteiger partial charge in [-0.25, -0.2) is 13.2 Å². The molecule has 1 aromatic heterocycles. The van der Waals surface area contributed by atoms with Gasteiger partial charge in [-0.1, -0.05) is 0 Å². The molecule has 0 bridgehead atoms. The number of aromatic carboxylic acids is 1. The fourth-order valence-corrected chi connectivity index (χ4v) is 3.57. The van der Waals surface area contributed by atoms with Crippen molar-refractivity contribution in [3.05, 3.63) is 46.8 Å². The summed E-state index contributed by atoms with van der Waals surface area (Å²) in [6.45, 7) is 0. The van der Waals surface area contributed by atoms with Gasteiger partial charge in [-0.2, -0.15) is 5.26 Å². The highest BCUT2D eigenvalue weighted by molar-refractivity contribution is 7.94. The Morgan fingerprint density at radius 3 is 2.35 bits per heavy atom. The average Bonchev–Trinajstić information content (AvgIpc) is 2.88. The standard InChI is InChI=1S/C12H8N2O4S2/c13-7-10-5-6-11(19-10)20(17,18)14-9-3-1-8(2-4-9)12(15)16/h1-6,14H,(H,15,16). The lowest BCUT2D eigenvalue weighted by Gasteiger charge is -2.06. The Labute approximate surface area is 119 Å². The molecule has 0 fully saturated rings. The molecule has 1 heterocycles. The monoisotopic (exact) mass is 308 g/mol. The summed E-state index contributed by atoms with van der Waals surface area (Å²) >= 11 is 0.861. The maximum Gasteiger partial charge on any atom is 0.335 e. The Kier molecular flexibility index (Phi) is 3.74. The van der Waals surface area contributed by atoms with Crippen molar-refractivity contribution in [1.82, 2.24) is 0 Å². The molecular formula is C12H8N2O4S2. The van der Waals surface area contributed by atoms with Gasteiger partial charge in [0.15, 0.2) is 0 Å². The van der Waals surface area contributed by atoms with Gasteiger partial charge in [0.2, 0.25) is 0 Å². The number of sulfonamides is 1. The molecule has 8 heteroatoms. The fourth-order valence-electron chi connectivity index (χ4n) is 1.41. The van der Waals surface area contributed by atoms with Crippen molar-refractivity contribution in [3.8, 4) is 6.07 Å². The van der Waals surface area contributed by atoms with Crippen LogP contribution in [0, 0.1) is 11.3 Å². The molecule has 0 atom stereocenters. The zero-order valence-electron chi connectivity index (χ0n) is 9.90. The van der Waals surface area contributed by atoms with E-state index in [9.17, 15) is 13.2 Å². The molecule has 0 aliphatic rings. The van der Waals surface area contributed by atoms with Crippen molar-refractivity contribution in [2.75, 3.05) is 4.72 Å². The van der Waals surface area contributed by atoms with E-state index in [1.807, 2.05) is 6.07 Å². The van der Waals surface area contributed by atoms with Crippen LogP contribution in [0.15, 0.2) is 40.6 Å². The second-order valence-electron chi connectivity index (χ2n) is 3.72. The Bertz CT molecular complexity index is 786. The number of hydrogen-bond donors (Lipinski definition) is 2. The molecule has 1 aromatic carbocycles. The fraction of sp³-hybridized carbons (Fsp3) is 0. The number of anilines is 1. The third kappa shape index (κ3) is 2.96. The molecule has 0 saturated carbocycles.